The topological polar surface area (TPSA) is 77.1 Å². The van der Waals surface area contributed by atoms with Crippen LogP contribution >= 0.6 is 24.0 Å². The van der Waals surface area contributed by atoms with Gasteiger partial charge in [0.25, 0.3) is 11.8 Å². The maximum Gasteiger partial charge on any atom is 0.270 e. The predicted octanol–water partition coefficient (Wildman–Crippen LogP) is 5.44. The van der Waals surface area contributed by atoms with Crippen LogP contribution in [0.1, 0.15) is 11.1 Å². The fourth-order valence-electron chi connectivity index (χ4n) is 3.54. The third-order valence-electron chi connectivity index (χ3n) is 5.25. The van der Waals surface area contributed by atoms with E-state index in [9.17, 15) is 9.59 Å². The zero-order valence-electron chi connectivity index (χ0n) is 19.9. The minimum absolute atomic E-state index is 0.177. The van der Waals surface area contributed by atoms with Crippen LogP contribution in [-0.4, -0.2) is 37.0 Å². The van der Waals surface area contributed by atoms with Crippen LogP contribution in [0.25, 0.3) is 6.08 Å². The highest BCUT2D eigenvalue weighted by molar-refractivity contribution is 8.27. The molecule has 4 rings (SSSR count). The Hall–Kier alpha value is -3.82. The number of carbonyl (C=O) groups excluding carboxylic acids is 2. The minimum Gasteiger partial charge on any atom is -0.497 e. The van der Waals surface area contributed by atoms with Gasteiger partial charge >= 0.3 is 0 Å². The average molecular weight is 521 g/mol. The molecule has 0 bridgehead atoms. The second-order valence-corrected chi connectivity index (χ2v) is 9.51. The standard InChI is InChI=1S/C27H24N2O5S2/c1-17-6-4-8-20(12-17)29-26(31)24(36-27(29)35)14-18-10-11-22(23(13-18)33-3)34-16-25(30)28-19-7-5-9-21(15-19)32-2/h4-15H,16H2,1-3H3,(H,28,30)/b24-14-. The predicted molar refractivity (Wildman–Crippen MR) is 147 cm³/mol. The van der Waals surface area contributed by atoms with E-state index in [0.717, 1.165) is 16.8 Å². The van der Waals surface area contributed by atoms with E-state index in [1.54, 1.807) is 55.7 Å². The summed E-state index contributed by atoms with van der Waals surface area (Å²) in [5.74, 6) is 0.981. The van der Waals surface area contributed by atoms with Gasteiger partial charge in [-0.1, -0.05) is 48.2 Å². The average Bonchev–Trinajstić information content (AvgIpc) is 3.15. The van der Waals surface area contributed by atoms with Crippen molar-refractivity contribution in [3.8, 4) is 17.2 Å². The summed E-state index contributed by atoms with van der Waals surface area (Å²) in [6, 6.07) is 19.9. The number of hydrogen-bond acceptors (Lipinski definition) is 7. The van der Waals surface area contributed by atoms with Crippen molar-refractivity contribution in [1.82, 2.24) is 0 Å². The van der Waals surface area contributed by atoms with Gasteiger partial charge < -0.3 is 19.5 Å². The molecule has 0 aromatic heterocycles. The highest BCUT2D eigenvalue weighted by atomic mass is 32.2. The van der Waals surface area contributed by atoms with E-state index < -0.39 is 0 Å². The molecule has 1 aliphatic rings. The van der Waals surface area contributed by atoms with Gasteiger partial charge in [0.2, 0.25) is 0 Å². The molecule has 2 amide bonds. The Bertz CT molecular complexity index is 1360. The minimum atomic E-state index is -0.325. The molecular weight excluding hydrogens is 496 g/mol. The summed E-state index contributed by atoms with van der Waals surface area (Å²) in [5.41, 5.74) is 3.13. The third kappa shape index (κ3) is 5.87. The van der Waals surface area contributed by atoms with E-state index in [4.69, 9.17) is 26.4 Å². The number of carbonyl (C=O) groups is 2. The molecule has 3 aromatic rings. The lowest BCUT2D eigenvalue weighted by Crippen LogP contribution is -2.27. The van der Waals surface area contributed by atoms with Crippen LogP contribution in [0.4, 0.5) is 11.4 Å². The van der Waals surface area contributed by atoms with E-state index in [2.05, 4.69) is 5.32 Å². The van der Waals surface area contributed by atoms with Crippen molar-refractivity contribution in [2.45, 2.75) is 6.92 Å². The molecule has 0 aliphatic carbocycles. The summed E-state index contributed by atoms with van der Waals surface area (Å²) in [6.45, 7) is 1.76. The highest BCUT2D eigenvalue weighted by Crippen LogP contribution is 2.37. The number of rotatable bonds is 8. The number of benzene rings is 3. The van der Waals surface area contributed by atoms with E-state index in [1.165, 1.54) is 23.8 Å². The molecule has 0 unspecified atom stereocenters. The van der Waals surface area contributed by atoms with E-state index in [0.29, 0.717) is 32.2 Å². The van der Waals surface area contributed by atoms with Crippen molar-refractivity contribution in [2.75, 3.05) is 31.0 Å². The first-order chi connectivity index (χ1) is 17.4. The Morgan fingerprint density at radius 2 is 1.83 bits per heavy atom. The van der Waals surface area contributed by atoms with Crippen LogP contribution in [0.15, 0.2) is 71.6 Å². The van der Waals surface area contributed by atoms with Gasteiger partial charge in [-0.2, -0.15) is 0 Å². The van der Waals surface area contributed by atoms with Gasteiger partial charge in [0.1, 0.15) is 5.75 Å². The van der Waals surface area contributed by atoms with Gasteiger partial charge in [-0.3, -0.25) is 14.5 Å². The number of methoxy groups -OCH3 is 2. The first-order valence-electron chi connectivity index (χ1n) is 11.0. The van der Waals surface area contributed by atoms with Gasteiger partial charge in [-0.15, -0.1) is 0 Å². The maximum atomic E-state index is 13.1. The molecule has 0 spiro atoms. The fraction of sp³-hybridized carbons (Fsp3) is 0.148. The van der Waals surface area contributed by atoms with Crippen molar-refractivity contribution in [3.05, 3.63) is 82.8 Å². The molecule has 1 fully saturated rings. The molecule has 1 N–H and O–H groups in total. The van der Waals surface area contributed by atoms with E-state index >= 15 is 0 Å². The Morgan fingerprint density at radius 1 is 1.03 bits per heavy atom. The number of ether oxygens (including phenoxy) is 3. The van der Waals surface area contributed by atoms with Crippen molar-refractivity contribution in [3.63, 3.8) is 0 Å². The first kappa shape index (κ1) is 25.3. The normalized spacial score (nSPS) is 14.2. The second kappa shape index (κ2) is 11.3. The second-order valence-electron chi connectivity index (χ2n) is 7.84. The van der Waals surface area contributed by atoms with Crippen LogP contribution in [0.5, 0.6) is 17.2 Å². The molecule has 0 saturated carbocycles. The number of thiocarbonyl (C=S) groups is 1. The number of anilines is 2. The summed E-state index contributed by atoms with van der Waals surface area (Å²) in [6.07, 6.45) is 1.76. The molecule has 1 heterocycles. The molecule has 3 aromatic carbocycles. The van der Waals surface area contributed by atoms with Gasteiger partial charge in [-0.25, -0.2) is 0 Å². The molecule has 9 heteroatoms. The summed E-state index contributed by atoms with van der Waals surface area (Å²) >= 11 is 6.71. The maximum absolute atomic E-state index is 13.1. The number of hydrogen-bond donors (Lipinski definition) is 1. The van der Waals surface area contributed by atoms with E-state index in [1.807, 2.05) is 31.2 Å². The first-order valence-corrected chi connectivity index (χ1v) is 12.2. The third-order valence-corrected chi connectivity index (χ3v) is 6.55. The van der Waals surface area contributed by atoms with Crippen LogP contribution in [0.2, 0.25) is 0 Å². The van der Waals surface area contributed by atoms with Crippen molar-refractivity contribution < 1.29 is 23.8 Å². The summed E-state index contributed by atoms with van der Waals surface area (Å²) in [7, 11) is 3.07. The Kier molecular flexibility index (Phi) is 7.92. The van der Waals surface area contributed by atoms with Gasteiger partial charge in [-0.05, 0) is 60.5 Å². The fourth-order valence-corrected chi connectivity index (χ4v) is 4.84. The Balaban J connectivity index is 1.44. The zero-order chi connectivity index (χ0) is 25.7. The summed E-state index contributed by atoms with van der Waals surface area (Å²) in [5, 5.41) is 2.76. The largest absolute Gasteiger partial charge is 0.497 e. The summed E-state index contributed by atoms with van der Waals surface area (Å²) in [4.78, 5) is 27.4. The summed E-state index contributed by atoms with van der Waals surface area (Å²) < 4.78 is 16.8. The highest BCUT2D eigenvalue weighted by Gasteiger charge is 2.33. The number of thioether (sulfide) groups is 1. The Morgan fingerprint density at radius 3 is 2.58 bits per heavy atom. The molecule has 184 valence electrons. The molecule has 0 radical (unpaired) electrons. The Labute approximate surface area is 219 Å². The number of nitrogens with one attached hydrogen (secondary N) is 1. The lowest BCUT2D eigenvalue weighted by atomic mass is 10.1. The number of nitrogens with zero attached hydrogens (tertiary/aromatic N) is 1. The van der Waals surface area contributed by atoms with Gasteiger partial charge in [0, 0.05) is 11.8 Å². The van der Waals surface area contributed by atoms with Gasteiger partial charge in [0.05, 0.1) is 24.8 Å². The quantitative estimate of drug-likeness (QED) is 0.313. The number of aryl methyl sites for hydroxylation is 1. The van der Waals surface area contributed by atoms with Crippen molar-refractivity contribution >= 4 is 57.6 Å². The smallest absolute Gasteiger partial charge is 0.270 e. The molecule has 0 atom stereocenters. The van der Waals surface area contributed by atoms with E-state index in [-0.39, 0.29) is 18.4 Å². The monoisotopic (exact) mass is 520 g/mol. The lowest BCUT2D eigenvalue weighted by molar-refractivity contribution is -0.118. The van der Waals surface area contributed by atoms with Crippen molar-refractivity contribution in [2.24, 2.45) is 0 Å². The zero-order valence-corrected chi connectivity index (χ0v) is 21.6. The number of amides is 2. The molecule has 36 heavy (non-hydrogen) atoms. The molecular formula is C27H24N2O5S2. The SMILES string of the molecule is COc1cccc(NC(=O)COc2ccc(/C=C3\SC(=S)N(c4cccc(C)c4)C3=O)cc2OC)c1. The van der Waals surface area contributed by atoms with Crippen LogP contribution < -0.4 is 24.4 Å². The van der Waals surface area contributed by atoms with Gasteiger partial charge in [0.15, 0.2) is 22.4 Å². The molecule has 1 saturated heterocycles. The molecule has 1 aliphatic heterocycles. The van der Waals surface area contributed by atoms with Crippen molar-refractivity contribution in [1.29, 1.82) is 0 Å². The van der Waals surface area contributed by atoms with Crippen LogP contribution in [0, 0.1) is 6.92 Å². The lowest BCUT2D eigenvalue weighted by Gasteiger charge is -2.14. The van der Waals surface area contributed by atoms with Crippen LogP contribution in [0.3, 0.4) is 0 Å². The molecule has 7 nitrogen and oxygen atoms in total. The van der Waals surface area contributed by atoms with Crippen LogP contribution in [-0.2, 0) is 9.59 Å².